The van der Waals surface area contributed by atoms with Gasteiger partial charge in [0.05, 0.1) is 7.11 Å². The first kappa shape index (κ1) is 13.1. The molecule has 0 aromatic heterocycles. The highest BCUT2D eigenvalue weighted by atomic mass is 16.5. The zero-order valence-corrected chi connectivity index (χ0v) is 11.3. The number of benzene rings is 1. The van der Waals surface area contributed by atoms with Crippen molar-refractivity contribution in [3.8, 4) is 5.75 Å². The fraction of sp³-hybridized carbons (Fsp3) is 0.562. The maximum absolute atomic E-state index is 12.2. The highest BCUT2D eigenvalue weighted by Crippen LogP contribution is 2.35. The van der Waals surface area contributed by atoms with E-state index in [-0.39, 0.29) is 5.92 Å². The third-order valence-corrected chi connectivity index (χ3v) is 3.96. The van der Waals surface area contributed by atoms with Crippen LogP contribution in [0.1, 0.15) is 50.5 Å². The molecular weight excluding hydrogens is 224 g/mol. The van der Waals surface area contributed by atoms with E-state index in [2.05, 4.69) is 6.92 Å². The normalized spacial score (nSPS) is 24.0. The largest absolute Gasteiger partial charge is 0.497 e. The van der Waals surface area contributed by atoms with Crippen molar-refractivity contribution in [2.45, 2.75) is 44.9 Å². The molecule has 2 nitrogen and oxygen atoms in total. The molecule has 0 amide bonds. The van der Waals surface area contributed by atoms with E-state index < -0.39 is 0 Å². The van der Waals surface area contributed by atoms with E-state index >= 15 is 0 Å². The van der Waals surface area contributed by atoms with Crippen molar-refractivity contribution < 1.29 is 9.53 Å². The van der Waals surface area contributed by atoms with E-state index in [9.17, 15) is 4.79 Å². The van der Waals surface area contributed by atoms with Gasteiger partial charge in [-0.25, -0.2) is 0 Å². The molecule has 98 valence electrons. The Morgan fingerprint density at radius 1 is 1.22 bits per heavy atom. The lowest BCUT2D eigenvalue weighted by atomic mass is 9.76. The van der Waals surface area contributed by atoms with E-state index in [1.165, 1.54) is 19.3 Å². The number of carbonyl (C=O) groups is 1. The highest BCUT2D eigenvalue weighted by molar-refractivity contribution is 5.86. The molecule has 0 unspecified atom stereocenters. The lowest BCUT2D eigenvalue weighted by Crippen LogP contribution is -2.23. The summed E-state index contributed by atoms with van der Waals surface area (Å²) in [5, 5.41) is 0. The molecule has 1 aliphatic carbocycles. The second kappa shape index (κ2) is 6.03. The molecule has 2 heteroatoms. The minimum absolute atomic E-state index is 0.115. The predicted octanol–water partition coefficient (Wildman–Crippen LogP) is 3.95. The van der Waals surface area contributed by atoms with Gasteiger partial charge in [-0.2, -0.15) is 0 Å². The van der Waals surface area contributed by atoms with Crippen LogP contribution >= 0.6 is 0 Å². The Bertz CT molecular complexity index is 394. The molecule has 1 aromatic rings. The Labute approximate surface area is 109 Å². The van der Waals surface area contributed by atoms with Gasteiger partial charge in [0.1, 0.15) is 11.5 Å². The molecular formula is C16H22O2. The van der Waals surface area contributed by atoms with Gasteiger partial charge in [-0.15, -0.1) is 0 Å². The molecule has 0 heterocycles. The average Bonchev–Trinajstić information content (AvgIpc) is 2.40. The van der Waals surface area contributed by atoms with Gasteiger partial charge in [0.15, 0.2) is 0 Å². The van der Waals surface area contributed by atoms with Crippen LogP contribution in [0.3, 0.4) is 0 Å². The van der Waals surface area contributed by atoms with Gasteiger partial charge >= 0.3 is 0 Å². The van der Waals surface area contributed by atoms with Crippen molar-refractivity contribution in [1.29, 1.82) is 0 Å². The van der Waals surface area contributed by atoms with Crippen LogP contribution in [-0.2, 0) is 4.79 Å². The first-order chi connectivity index (χ1) is 8.74. The number of hydrogen-bond donors (Lipinski definition) is 0. The van der Waals surface area contributed by atoms with Crippen LogP contribution in [0, 0.1) is 5.92 Å². The summed E-state index contributed by atoms with van der Waals surface area (Å²) in [7, 11) is 1.66. The van der Waals surface area contributed by atoms with E-state index in [0.717, 1.165) is 24.2 Å². The SMILES string of the molecule is CCC[C@@H]1CC[C@@H](c2ccc(OC)cc2)C(=O)C1. The summed E-state index contributed by atoms with van der Waals surface area (Å²) in [6, 6.07) is 7.95. The fourth-order valence-electron chi connectivity index (χ4n) is 2.94. The average molecular weight is 246 g/mol. The number of ketones is 1. The maximum atomic E-state index is 12.2. The zero-order chi connectivity index (χ0) is 13.0. The molecule has 0 aliphatic heterocycles. The van der Waals surface area contributed by atoms with Crippen LogP contribution in [0.4, 0.5) is 0 Å². The summed E-state index contributed by atoms with van der Waals surface area (Å²) in [6.07, 6.45) is 5.35. The van der Waals surface area contributed by atoms with Gasteiger partial charge in [0.2, 0.25) is 0 Å². The van der Waals surface area contributed by atoms with Gasteiger partial charge in [0, 0.05) is 12.3 Å². The zero-order valence-electron chi connectivity index (χ0n) is 11.3. The number of ether oxygens (including phenoxy) is 1. The fourth-order valence-corrected chi connectivity index (χ4v) is 2.94. The quantitative estimate of drug-likeness (QED) is 0.804. The molecule has 1 aliphatic rings. The van der Waals surface area contributed by atoms with Gasteiger partial charge in [0.25, 0.3) is 0 Å². The molecule has 0 N–H and O–H groups in total. The van der Waals surface area contributed by atoms with Crippen LogP contribution < -0.4 is 4.74 Å². The summed E-state index contributed by atoms with van der Waals surface area (Å²) in [6.45, 7) is 2.19. The molecule has 0 bridgehead atoms. The highest BCUT2D eigenvalue weighted by Gasteiger charge is 2.28. The van der Waals surface area contributed by atoms with Crippen LogP contribution in [0.2, 0.25) is 0 Å². The Kier molecular flexibility index (Phi) is 4.40. The topological polar surface area (TPSA) is 26.3 Å². The Morgan fingerprint density at radius 3 is 2.50 bits per heavy atom. The number of methoxy groups -OCH3 is 1. The van der Waals surface area contributed by atoms with Crippen molar-refractivity contribution in [3.63, 3.8) is 0 Å². The molecule has 1 saturated carbocycles. The monoisotopic (exact) mass is 246 g/mol. The predicted molar refractivity (Wildman–Crippen MR) is 73.0 cm³/mol. The summed E-state index contributed by atoms with van der Waals surface area (Å²) in [4.78, 5) is 12.2. The summed E-state index contributed by atoms with van der Waals surface area (Å²) in [5.74, 6) is 2.01. The van der Waals surface area contributed by atoms with Crippen molar-refractivity contribution in [2.75, 3.05) is 7.11 Å². The lowest BCUT2D eigenvalue weighted by molar-refractivity contribution is -0.123. The number of carbonyl (C=O) groups excluding carboxylic acids is 1. The minimum Gasteiger partial charge on any atom is -0.497 e. The van der Waals surface area contributed by atoms with Crippen molar-refractivity contribution in [2.24, 2.45) is 5.92 Å². The van der Waals surface area contributed by atoms with E-state index in [0.29, 0.717) is 11.7 Å². The Balaban J connectivity index is 2.03. The number of Topliss-reactive ketones (excluding diaryl/α,β-unsaturated/α-hetero) is 1. The van der Waals surface area contributed by atoms with Crippen molar-refractivity contribution >= 4 is 5.78 Å². The minimum atomic E-state index is 0.115. The standard InChI is InChI=1S/C16H22O2/c1-3-4-12-5-10-15(16(17)11-12)13-6-8-14(18-2)9-7-13/h6-9,12,15H,3-5,10-11H2,1-2H3/t12-,15+/m1/s1. The van der Waals surface area contributed by atoms with E-state index in [1.807, 2.05) is 24.3 Å². The van der Waals surface area contributed by atoms with Gasteiger partial charge < -0.3 is 4.74 Å². The van der Waals surface area contributed by atoms with Crippen LogP contribution in [0.25, 0.3) is 0 Å². The molecule has 2 rings (SSSR count). The number of hydrogen-bond acceptors (Lipinski definition) is 2. The summed E-state index contributed by atoms with van der Waals surface area (Å²) >= 11 is 0. The van der Waals surface area contributed by atoms with Crippen LogP contribution in [-0.4, -0.2) is 12.9 Å². The van der Waals surface area contributed by atoms with Gasteiger partial charge in [-0.1, -0.05) is 31.9 Å². The van der Waals surface area contributed by atoms with Crippen LogP contribution in [0.15, 0.2) is 24.3 Å². The second-order valence-electron chi connectivity index (χ2n) is 5.23. The van der Waals surface area contributed by atoms with E-state index in [4.69, 9.17) is 4.74 Å². The van der Waals surface area contributed by atoms with E-state index in [1.54, 1.807) is 7.11 Å². The molecule has 2 atom stereocenters. The van der Waals surface area contributed by atoms with Crippen LogP contribution in [0.5, 0.6) is 5.75 Å². The molecule has 1 fully saturated rings. The van der Waals surface area contributed by atoms with Crippen molar-refractivity contribution in [3.05, 3.63) is 29.8 Å². The maximum Gasteiger partial charge on any atom is 0.140 e. The molecule has 1 aromatic carbocycles. The van der Waals surface area contributed by atoms with Gasteiger partial charge in [-0.05, 0) is 36.5 Å². The van der Waals surface area contributed by atoms with Crippen molar-refractivity contribution in [1.82, 2.24) is 0 Å². The summed E-state index contributed by atoms with van der Waals surface area (Å²) in [5.41, 5.74) is 1.15. The van der Waals surface area contributed by atoms with Gasteiger partial charge in [-0.3, -0.25) is 4.79 Å². The third kappa shape index (κ3) is 2.92. The Hall–Kier alpha value is -1.31. The first-order valence-corrected chi connectivity index (χ1v) is 6.91. The molecule has 0 spiro atoms. The lowest BCUT2D eigenvalue weighted by Gasteiger charge is -2.27. The second-order valence-corrected chi connectivity index (χ2v) is 5.23. The number of rotatable bonds is 4. The molecule has 0 radical (unpaired) electrons. The molecule has 18 heavy (non-hydrogen) atoms. The molecule has 0 saturated heterocycles. The smallest absolute Gasteiger partial charge is 0.140 e. The first-order valence-electron chi connectivity index (χ1n) is 6.91. The third-order valence-electron chi connectivity index (χ3n) is 3.96. The summed E-state index contributed by atoms with van der Waals surface area (Å²) < 4.78 is 5.15. The Morgan fingerprint density at radius 2 is 1.94 bits per heavy atom.